The lowest BCUT2D eigenvalue weighted by Crippen LogP contribution is -2.45. The van der Waals surface area contributed by atoms with Gasteiger partial charge in [-0.1, -0.05) is 219 Å². The number of aliphatic hydroxyl groups excluding tert-OH is 1. The van der Waals surface area contributed by atoms with E-state index in [1.54, 1.807) is 6.08 Å². The Labute approximate surface area is 310 Å². The predicted octanol–water partition coefficient (Wildman–Crippen LogP) is 12.8. The lowest BCUT2D eigenvalue weighted by Gasteiger charge is -2.22. The molecule has 0 bridgehead atoms. The Morgan fingerprint density at radius 2 is 0.880 bits per heavy atom. The molecule has 0 aromatic carbocycles. The molecule has 0 aliphatic heterocycles. The summed E-state index contributed by atoms with van der Waals surface area (Å²) in [5.74, 6) is -0.222. The van der Waals surface area contributed by atoms with E-state index in [1.807, 2.05) is 6.08 Å². The first kappa shape index (κ1) is 49.3. The molecule has 7 nitrogen and oxygen atoms in total. The van der Waals surface area contributed by atoms with Crippen LogP contribution in [0.5, 0.6) is 0 Å². The molecular weight excluding hydrogens is 645 g/mol. The number of phosphoric ester groups is 1. The summed E-state index contributed by atoms with van der Waals surface area (Å²) in [7, 11) is -4.71. The van der Waals surface area contributed by atoms with Crippen molar-refractivity contribution >= 4 is 13.7 Å². The van der Waals surface area contributed by atoms with Crippen LogP contribution in [0.15, 0.2) is 12.2 Å². The lowest BCUT2D eigenvalue weighted by atomic mass is 10.0. The molecule has 1 amide bonds. The van der Waals surface area contributed by atoms with E-state index < -0.39 is 26.6 Å². The first-order valence-electron chi connectivity index (χ1n) is 21.6. The number of nitrogens with one attached hydrogen (secondary N) is 1. The van der Waals surface area contributed by atoms with Gasteiger partial charge >= 0.3 is 7.82 Å². The van der Waals surface area contributed by atoms with Crippen LogP contribution >= 0.6 is 7.82 Å². The fourth-order valence-electron chi connectivity index (χ4n) is 6.70. The first-order valence-corrected chi connectivity index (χ1v) is 23.2. The van der Waals surface area contributed by atoms with Crippen LogP contribution in [0, 0.1) is 0 Å². The standard InChI is InChI=1S/C42H84NO6P/c1-3-5-7-9-11-13-15-17-19-21-22-24-26-28-30-32-34-36-38-42(45)43-40(39-49-50(46,47)48)41(44)37-35-33-31-29-27-25-23-20-18-16-14-12-10-8-6-4-2/h35,37,40-41,44H,3-34,36,38-39H2,1-2H3,(H,43,45)(H2,46,47,48)/b37-35+/t40-,41+/m0/s1. The highest BCUT2D eigenvalue weighted by molar-refractivity contribution is 7.46. The SMILES string of the molecule is CCCCCCCCCCCCCCCC/C=C/[C@@H](O)[C@H](COP(=O)(O)O)NC(=O)CCCCCCCCCCCCCCCCCCCC. The van der Waals surface area contributed by atoms with Crippen molar-refractivity contribution in [2.45, 2.75) is 244 Å². The predicted molar refractivity (Wildman–Crippen MR) is 213 cm³/mol. The molecule has 298 valence electrons. The molecule has 0 unspecified atom stereocenters. The van der Waals surface area contributed by atoms with E-state index in [-0.39, 0.29) is 5.91 Å². The number of carbonyl (C=O) groups is 1. The number of amides is 1. The Morgan fingerprint density at radius 1 is 0.560 bits per heavy atom. The van der Waals surface area contributed by atoms with Crippen molar-refractivity contribution in [3.8, 4) is 0 Å². The highest BCUT2D eigenvalue weighted by atomic mass is 31.2. The monoisotopic (exact) mass is 730 g/mol. The normalized spacial score (nSPS) is 13.3. The Kier molecular flexibility index (Phi) is 37.5. The second-order valence-corrected chi connectivity index (χ2v) is 16.3. The highest BCUT2D eigenvalue weighted by Crippen LogP contribution is 2.35. The number of aliphatic hydroxyl groups is 1. The van der Waals surface area contributed by atoms with Crippen molar-refractivity contribution in [3.63, 3.8) is 0 Å². The summed E-state index contributed by atoms with van der Waals surface area (Å²) in [4.78, 5) is 30.9. The Morgan fingerprint density at radius 3 is 1.22 bits per heavy atom. The Hall–Kier alpha value is -0.720. The second-order valence-electron chi connectivity index (χ2n) is 15.0. The number of unbranched alkanes of at least 4 members (excludes halogenated alkanes) is 31. The van der Waals surface area contributed by atoms with Crippen molar-refractivity contribution in [2.75, 3.05) is 6.61 Å². The molecule has 0 radical (unpaired) electrons. The molecule has 0 aliphatic rings. The van der Waals surface area contributed by atoms with Crippen LogP contribution in [0.25, 0.3) is 0 Å². The summed E-state index contributed by atoms with van der Waals surface area (Å²) in [6.07, 6.45) is 45.2. The molecule has 0 rings (SSSR count). The summed E-state index contributed by atoms with van der Waals surface area (Å²) in [5.41, 5.74) is 0. The van der Waals surface area contributed by atoms with Crippen molar-refractivity contribution in [1.82, 2.24) is 5.32 Å². The van der Waals surface area contributed by atoms with Crippen molar-refractivity contribution in [3.05, 3.63) is 12.2 Å². The maximum absolute atomic E-state index is 12.6. The molecule has 0 saturated heterocycles. The van der Waals surface area contributed by atoms with Gasteiger partial charge in [0.15, 0.2) is 0 Å². The molecule has 0 spiro atoms. The molecule has 0 aromatic rings. The Bertz CT molecular complexity index is 788. The van der Waals surface area contributed by atoms with Gasteiger partial charge in [0.25, 0.3) is 0 Å². The van der Waals surface area contributed by atoms with Crippen molar-refractivity contribution < 1.29 is 28.8 Å². The van der Waals surface area contributed by atoms with Crippen LogP contribution in [-0.4, -0.2) is 39.6 Å². The van der Waals surface area contributed by atoms with Gasteiger partial charge in [-0.2, -0.15) is 0 Å². The molecule has 50 heavy (non-hydrogen) atoms. The largest absolute Gasteiger partial charge is 0.469 e. The van der Waals surface area contributed by atoms with E-state index in [0.717, 1.165) is 38.5 Å². The van der Waals surface area contributed by atoms with Gasteiger partial charge in [-0.15, -0.1) is 0 Å². The number of rotatable bonds is 40. The average Bonchev–Trinajstić information content (AvgIpc) is 3.08. The number of hydrogen-bond acceptors (Lipinski definition) is 4. The molecule has 0 heterocycles. The van der Waals surface area contributed by atoms with E-state index in [1.165, 1.54) is 173 Å². The third kappa shape index (κ3) is 38.5. The van der Waals surface area contributed by atoms with Gasteiger partial charge in [-0.25, -0.2) is 4.57 Å². The van der Waals surface area contributed by atoms with Crippen LogP contribution < -0.4 is 5.32 Å². The topological polar surface area (TPSA) is 116 Å². The molecule has 4 N–H and O–H groups in total. The quantitative estimate of drug-likeness (QED) is 0.0283. The smallest absolute Gasteiger partial charge is 0.387 e. The number of allylic oxidation sites excluding steroid dienone is 1. The third-order valence-electron chi connectivity index (χ3n) is 10.00. The van der Waals surface area contributed by atoms with E-state index in [9.17, 15) is 14.5 Å². The first-order chi connectivity index (χ1) is 24.3. The van der Waals surface area contributed by atoms with E-state index in [0.29, 0.717) is 6.42 Å². The average molecular weight is 730 g/mol. The zero-order valence-corrected chi connectivity index (χ0v) is 34.0. The summed E-state index contributed by atoms with van der Waals surface area (Å²) in [6.45, 7) is 4.09. The minimum Gasteiger partial charge on any atom is -0.387 e. The highest BCUT2D eigenvalue weighted by Gasteiger charge is 2.24. The number of hydrogen-bond donors (Lipinski definition) is 4. The maximum Gasteiger partial charge on any atom is 0.469 e. The zero-order valence-electron chi connectivity index (χ0n) is 33.1. The van der Waals surface area contributed by atoms with Gasteiger partial charge in [-0.3, -0.25) is 9.32 Å². The van der Waals surface area contributed by atoms with Crippen LogP contribution in [0.3, 0.4) is 0 Å². The van der Waals surface area contributed by atoms with Gasteiger partial charge in [0.2, 0.25) is 5.91 Å². The molecule has 0 fully saturated rings. The minimum atomic E-state index is -4.71. The van der Waals surface area contributed by atoms with Gasteiger partial charge in [0.05, 0.1) is 18.8 Å². The third-order valence-corrected chi connectivity index (χ3v) is 10.5. The maximum atomic E-state index is 12.6. The molecule has 0 saturated carbocycles. The fourth-order valence-corrected chi connectivity index (χ4v) is 7.05. The molecule has 2 atom stereocenters. The lowest BCUT2D eigenvalue weighted by molar-refractivity contribution is -0.123. The molecule has 0 aromatic heterocycles. The summed E-state index contributed by atoms with van der Waals surface area (Å²) >= 11 is 0. The van der Waals surface area contributed by atoms with Gasteiger partial charge < -0.3 is 20.2 Å². The number of phosphoric acid groups is 1. The van der Waals surface area contributed by atoms with Crippen LogP contribution in [-0.2, 0) is 13.9 Å². The van der Waals surface area contributed by atoms with Crippen LogP contribution in [0.4, 0.5) is 0 Å². The molecule has 8 heteroatoms. The zero-order chi connectivity index (χ0) is 36.8. The van der Waals surface area contributed by atoms with E-state index in [4.69, 9.17) is 9.79 Å². The van der Waals surface area contributed by atoms with Crippen molar-refractivity contribution in [2.24, 2.45) is 0 Å². The number of carbonyl (C=O) groups excluding carboxylic acids is 1. The van der Waals surface area contributed by atoms with E-state index in [2.05, 4.69) is 23.7 Å². The van der Waals surface area contributed by atoms with Crippen LogP contribution in [0.2, 0.25) is 0 Å². The van der Waals surface area contributed by atoms with E-state index >= 15 is 0 Å². The fraction of sp³-hybridized carbons (Fsp3) is 0.929. The summed E-state index contributed by atoms with van der Waals surface area (Å²) in [5, 5.41) is 13.4. The molecular formula is C42H84NO6P. The summed E-state index contributed by atoms with van der Waals surface area (Å²) in [6, 6.07) is -0.904. The van der Waals surface area contributed by atoms with Gasteiger partial charge in [-0.05, 0) is 19.3 Å². The Balaban J connectivity index is 3.92. The van der Waals surface area contributed by atoms with Gasteiger partial charge in [0, 0.05) is 6.42 Å². The second kappa shape index (κ2) is 38.0. The van der Waals surface area contributed by atoms with Gasteiger partial charge in [0.1, 0.15) is 0 Å². The minimum absolute atomic E-state index is 0.222. The van der Waals surface area contributed by atoms with Crippen molar-refractivity contribution in [1.29, 1.82) is 0 Å². The summed E-state index contributed by atoms with van der Waals surface area (Å²) < 4.78 is 15.9. The van der Waals surface area contributed by atoms with Crippen LogP contribution in [0.1, 0.15) is 232 Å². The molecule has 0 aliphatic carbocycles.